The van der Waals surface area contributed by atoms with E-state index in [0.29, 0.717) is 12.6 Å². The number of likely N-dealkylation sites (tertiary alicyclic amines) is 1. The Balaban J connectivity index is 1.43. The van der Waals surface area contributed by atoms with Gasteiger partial charge in [-0.3, -0.25) is 9.88 Å². The van der Waals surface area contributed by atoms with E-state index < -0.39 is 6.03 Å². The van der Waals surface area contributed by atoms with E-state index in [9.17, 15) is 4.79 Å². The predicted octanol–water partition coefficient (Wildman–Crippen LogP) is 2.33. The number of primary amides is 1. The van der Waals surface area contributed by atoms with Gasteiger partial charge in [0.25, 0.3) is 0 Å². The molecule has 6 heteroatoms. The Morgan fingerprint density at radius 2 is 1.76 bits per heavy atom. The normalized spacial score (nSPS) is 15.7. The Bertz CT molecular complexity index is 666. The number of aromatic nitrogens is 1. The number of nitrogens with one attached hydrogen (secondary N) is 2. The van der Waals surface area contributed by atoms with Gasteiger partial charge in [-0.1, -0.05) is 12.1 Å². The Morgan fingerprint density at radius 1 is 1.08 bits per heavy atom. The van der Waals surface area contributed by atoms with Gasteiger partial charge < -0.3 is 16.4 Å². The Kier molecular flexibility index (Phi) is 5.85. The van der Waals surface area contributed by atoms with Gasteiger partial charge in [0, 0.05) is 50.3 Å². The molecule has 0 atom stereocenters. The third kappa shape index (κ3) is 5.46. The minimum atomic E-state index is -0.499. The van der Waals surface area contributed by atoms with Crippen molar-refractivity contribution in [3.8, 4) is 0 Å². The number of anilines is 1. The molecule has 1 saturated heterocycles. The van der Waals surface area contributed by atoms with Gasteiger partial charge in [-0.15, -0.1) is 0 Å². The minimum Gasteiger partial charge on any atom is -0.382 e. The van der Waals surface area contributed by atoms with Crippen LogP contribution in [0.5, 0.6) is 0 Å². The number of benzene rings is 1. The maximum atomic E-state index is 10.7. The van der Waals surface area contributed by atoms with Gasteiger partial charge in [-0.2, -0.15) is 0 Å². The van der Waals surface area contributed by atoms with Crippen molar-refractivity contribution in [1.82, 2.24) is 15.2 Å². The lowest BCUT2D eigenvalue weighted by atomic mass is 10.0. The summed E-state index contributed by atoms with van der Waals surface area (Å²) in [6.07, 6.45) is 5.98. The largest absolute Gasteiger partial charge is 0.382 e. The monoisotopic (exact) mass is 339 g/mol. The first kappa shape index (κ1) is 17.2. The van der Waals surface area contributed by atoms with Crippen molar-refractivity contribution in [3.05, 3.63) is 59.9 Å². The fraction of sp³-hybridized carbons (Fsp3) is 0.368. The average Bonchev–Trinajstić information content (AvgIpc) is 2.64. The van der Waals surface area contributed by atoms with Gasteiger partial charge in [0.1, 0.15) is 0 Å². The zero-order valence-corrected chi connectivity index (χ0v) is 14.3. The fourth-order valence-electron chi connectivity index (χ4n) is 3.13. The van der Waals surface area contributed by atoms with E-state index in [1.807, 2.05) is 24.5 Å². The highest BCUT2D eigenvalue weighted by atomic mass is 16.2. The lowest BCUT2D eigenvalue weighted by molar-refractivity contribution is 0.211. The highest BCUT2D eigenvalue weighted by molar-refractivity contribution is 5.71. The number of urea groups is 1. The molecule has 6 nitrogen and oxygen atoms in total. The van der Waals surface area contributed by atoms with E-state index in [-0.39, 0.29) is 0 Å². The van der Waals surface area contributed by atoms with Crippen LogP contribution in [-0.4, -0.2) is 35.0 Å². The summed E-state index contributed by atoms with van der Waals surface area (Å²) >= 11 is 0. The van der Waals surface area contributed by atoms with E-state index >= 15 is 0 Å². The van der Waals surface area contributed by atoms with Gasteiger partial charge in [-0.25, -0.2) is 4.79 Å². The summed E-state index contributed by atoms with van der Waals surface area (Å²) in [7, 11) is 0. The number of pyridine rings is 1. The molecule has 1 aromatic carbocycles. The van der Waals surface area contributed by atoms with Crippen molar-refractivity contribution < 1.29 is 4.79 Å². The number of rotatable bonds is 6. The van der Waals surface area contributed by atoms with Crippen LogP contribution in [0.3, 0.4) is 0 Å². The lowest BCUT2D eigenvalue weighted by Gasteiger charge is -2.32. The van der Waals surface area contributed by atoms with Crippen molar-refractivity contribution >= 4 is 11.7 Å². The number of carbonyl (C=O) groups excluding carboxylic acids is 1. The number of hydrogen-bond donors (Lipinski definition) is 3. The molecular formula is C19H25N5O. The fourth-order valence-corrected chi connectivity index (χ4v) is 3.13. The lowest BCUT2D eigenvalue weighted by Crippen LogP contribution is -2.38. The molecular weight excluding hydrogens is 314 g/mol. The summed E-state index contributed by atoms with van der Waals surface area (Å²) in [5.74, 6) is 0. The number of nitrogens with two attached hydrogens (primary N) is 1. The smallest absolute Gasteiger partial charge is 0.312 e. The Labute approximate surface area is 148 Å². The molecule has 1 aliphatic heterocycles. The first-order valence-electron chi connectivity index (χ1n) is 8.69. The van der Waals surface area contributed by atoms with Crippen LogP contribution in [0.25, 0.3) is 0 Å². The van der Waals surface area contributed by atoms with E-state index in [2.05, 4.69) is 44.8 Å². The zero-order chi connectivity index (χ0) is 17.5. The molecule has 1 aromatic heterocycles. The molecule has 132 valence electrons. The first-order valence-corrected chi connectivity index (χ1v) is 8.69. The van der Waals surface area contributed by atoms with Gasteiger partial charge in [0.2, 0.25) is 0 Å². The number of piperidine rings is 1. The standard InChI is InChI=1S/C19H25N5O/c20-19(25)22-13-15-1-3-17(4-2-15)23-18-7-11-24(12-8-18)14-16-5-9-21-10-6-16/h1-6,9-10,18,23H,7-8,11-14H2,(H3,20,22,25). The van der Waals surface area contributed by atoms with Crippen LogP contribution < -0.4 is 16.4 Å². The molecule has 2 heterocycles. The van der Waals surface area contributed by atoms with Crippen LogP contribution in [0, 0.1) is 0 Å². The molecule has 4 N–H and O–H groups in total. The van der Waals surface area contributed by atoms with Crippen LogP contribution in [0.4, 0.5) is 10.5 Å². The summed E-state index contributed by atoms with van der Waals surface area (Å²) in [6.45, 7) is 3.65. The van der Waals surface area contributed by atoms with Crippen LogP contribution in [0.2, 0.25) is 0 Å². The van der Waals surface area contributed by atoms with Gasteiger partial charge in [0.15, 0.2) is 0 Å². The molecule has 0 unspecified atom stereocenters. The Morgan fingerprint density at radius 3 is 2.40 bits per heavy atom. The highest BCUT2D eigenvalue weighted by Crippen LogP contribution is 2.18. The highest BCUT2D eigenvalue weighted by Gasteiger charge is 2.19. The van der Waals surface area contributed by atoms with Crippen LogP contribution in [0.1, 0.15) is 24.0 Å². The van der Waals surface area contributed by atoms with Gasteiger partial charge in [-0.05, 0) is 48.2 Å². The second-order valence-electron chi connectivity index (χ2n) is 6.46. The molecule has 2 amide bonds. The molecule has 1 aliphatic rings. The second kappa shape index (κ2) is 8.48. The van der Waals surface area contributed by atoms with Crippen molar-refractivity contribution in [2.45, 2.75) is 32.0 Å². The molecule has 0 radical (unpaired) electrons. The molecule has 1 fully saturated rings. The quantitative estimate of drug-likeness (QED) is 0.754. The number of amides is 2. The van der Waals surface area contributed by atoms with E-state index in [0.717, 1.165) is 43.7 Å². The third-order valence-corrected chi connectivity index (χ3v) is 4.53. The molecule has 0 aliphatic carbocycles. The van der Waals surface area contributed by atoms with Gasteiger partial charge in [0.05, 0.1) is 0 Å². The van der Waals surface area contributed by atoms with E-state index in [1.165, 1.54) is 5.56 Å². The summed E-state index contributed by atoms with van der Waals surface area (Å²) in [5.41, 5.74) is 8.56. The van der Waals surface area contributed by atoms with Gasteiger partial charge >= 0.3 is 6.03 Å². The first-order chi connectivity index (χ1) is 12.2. The number of nitrogens with zero attached hydrogens (tertiary/aromatic N) is 2. The summed E-state index contributed by atoms with van der Waals surface area (Å²) in [6, 6.07) is 12.3. The SMILES string of the molecule is NC(=O)NCc1ccc(NC2CCN(Cc3ccncc3)CC2)cc1. The summed E-state index contributed by atoms with van der Waals surface area (Å²) < 4.78 is 0. The number of hydrogen-bond acceptors (Lipinski definition) is 4. The van der Waals surface area contributed by atoms with Crippen molar-refractivity contribution in [2.75, 3.05) is 18.4 Å². The molecule has 0 spiro atoms. The molecule has 3 rings (SSSR count). The van der Waals surface area contributed by atoms with Crippen LogP contribution in [0.15, 0.2) is 48.8 Å². The molecule has 25 heavy (non-hydrogen) atoms. The van der Waals surface area contributed by atoms with Crippen LogP contribution in [-0.2, 0) is 13.1 Å². The topological polar surface area (TPSA) is 83.3 Å². The van der Waals surface area contributed by atoms with Crippen molar-refractivity contribution in [2.24, 2.45) is 5.73 Å². The molecule has 0 saturated carbocycles. The zero-order valence-electron chi connectivity index (χ0n) is 14.3. The maximum Gasteiger partial charge on any atom is 0.312 e. The predicted molar refractivity (Wildman–Crippen MR) is 99.0 cm³/mol. The molecule has 2 aromatic rings. The van der Waals surface area contributed by atoms with Crippen molar-refractivity contribution in [3.63, 3.8) is 0 Å². The van der Waals surface area contributed by atoms with Crippen LogP contribution >= 0.6 is 0 Å². The molecule has 0 bridgehead atoms. The number of carbonyl (C=O) groups is 1. The van der Waals surface area contributed by atoms with E-state index in [4.69, 9.17) is 5.73 Å². The van der Waals surface area contributed by atoms with Crippen molar-refractivity contribution in [1.29, 1.82) is 0 Å². The maximum absolute atomic E-state index is 10.7. The summed E-state index contributed by atoms with van der Waals surface area (Å²) in [4.78, 5) is 17.3. The minimum absolute atomic E-state index is 0.461. The average molecular weight is 339 g/mol. The Hall–Kier alpha value is -2.60. The van der Waals surface area contributed by atoms with E-state index in [1.54, 1.807) is 0 Å². The third-order valence-electron chi connectivity index (χ3n) is 4.53. The summed E-state index contributed by atoms with van der Waals surface area (Å²) in [5, 5.41) is 6.21. The second-order valence-corrected chi connectivity index (χ2v) is 6.46.